The van der Waals surface area contributed by atoms with Gasteiger partial charge in [-0.2, -0.15) is 0 Å². The highest BCUT2D eigenvalue weighted by Gasteiger charge is 2.38. The second-order valence-corrected chi connectivity index (χ2v) is 9.74. The fourth-order valence-corrected chi connectivity index (χ4v) is 6.08. The van der Waals surface area contributed by atoms with Crippen LogP contribution in [0.1, 0.15) is 36.0 Å². The minimum Gasteiger partial charge on any atom is -0.355 e. The molecule has 2 heterocycles. The molecule has 0 radical (unpaired) electrons. The maximum absolute atomic E-state index is 3.55. The lowest BCUT2D eigenvalue weighted by molar-refractivity contribution is 0.742. The monoisotopic (exact) mass is 452 g/mol. The molecule has 0 saturated heterocycles. The molecule has 1 aromatic heterocycles. The van der Waals surface area contributed by atoms with Gasteiger partial charge >= 0.3 is 0 Å². The van der Waals surface area contributed by atoms with Gasteiger partial charge < -0.3 is 9.88 Å². The third kappa shape index (κ3) is 3.17. The summed E-state index contributed by atoms with van der Waals surface area (Å²) in [4.78, 5) is 6.12. The summed E-state index contributed by atoms with van der Waals surface area (Å²) < 4.78 is 0. The maximum atomic E-state index is 3.55. The van der Waals surface area contributed by atoms with Crippen LogP contribution in [0.15, 0.2) is 109 Å². The highest BCUT2D eigenvalue weighted by atomic mass is 15.2. The summed E-state index contributed by atoms with van der Waals surface area (Å²) >= 11 is 0. The van der Waals surface area contributed by atoms with E-state index in [4.69, 9.17) is 0 Å². The van der Waals surface area contributed by atoms with Crippen LogP contribution in [-0.2, 0) is 6.42 Å². The highest BCUT2D eigenvalue weighted by Crippen LogP contribution is 2.50. The fraction of sp³-hybridized carbons (Fsp3) is 0.152. The van der Waals surface area contributed by atoms with Gasteiger partial charge in [0.25, 0.3) is 0 Å². The highest BCUT2D eigenvalue weighted by molar-refractivity contribution is 6.08. The molecule has 2 atom stereocenters. The Balaban J connectivity index is 1.33. The van der Waals surface area contributed by atoms with Crippen molar-refractivity contribution < 1.29 is 0 Å². The quantitative estimate of drug-likeness (QED) is 0.289. The zero-order chi connectivity index (χ0) is 23.4. The van der Waals surface area contributed by atoms with E-state index in [9.17, 15) is 0 Å². The van der Waals surface area contributed by atoms with E-state index in [1.54, 1.807) is 0 Å². The van der Waals surface area contributed by atoms with E-state index < -0.39 is 0 Å². The van der Waals surface area contributed by atoms with Crippen LogP contribution in [0.25, 0.3) is 27.4 Å². The number of aromatic amines is 1. The summed E-state index contributed by atoms with van der Waals surface area (Å²) in [5.41, 5.74) is 10.5. The van der Waals surface area contributed by atoms with E-state index in [0.717, 1.165) is 12.8 Å². The second-order valence-electron chi connectivity index (χ2n) is 9.74. The largest absolute Gasteiger partial charge is 0.355 e. The van der Waals surface area contributed by atoms with Crippen molar-refractivity contribution in [2.45, 2.75) is 31.7 Å². The number of benzene rings is 4. The third-order valence-electron chi connectivity index (χ3n) is 7.66. The smallest absolute Gasteiger partial charge is 0.0630 e. The average Bonchev–Trinajstić information content (AvgIpc) is 3.44. The molecule has 1 N–H and O–H groups in total. The summed E-state index contributed by atoms with van der Waals surface area (Å²) in [5.74, 6) is 0.333. The third-order valence-corrected chi connectivity index (χ3v) is 7.66. The molecule has 0 spiro atoms. The van der Waals surface area contributed by atoms with Crippen LogP contribution in [0.3, 0.4) is 0 Å². The van der Waals surface area contributed by atoms with Gasteiger partial charge in [-0.3, -0.25) is 0 Å². The zero-order valence-electron chi connectivity index (χ0n) is 19.9. The Labute approximate surface area is 206 Å². The minimum atomic E-state index is 0.297. The second kappa shape index (κ2) is 8.02. The van der Waals surface area contributed by atoms with E-state index in [2.05, 4.69) is 126 Å². The number of fused-ring (bicyclic) bond motifs is 6. The number of hydrogen-bond donors (Lipinski definition) is 1. The number of aromatic nitrogens is 1. The number of anilines is 2. The number of nitrogens with zero attached hydrogens (tertiary/aromatic N) is 1. The van der Waals surface area contributed by atoms with Gasteiger partial charge in [0, 0.05) is 39.1 Å². The van der Waals surface area contributed by atoms with Crippen molar-refractivity contribution in [3.63, 3.8) is 0 Å². The zero-order valence-corrected chi connectivity index (χ0v) is 19.9. The Kier molecular flexibility index (Phi) is 4.66. The van der Waals surface area contributed by atoms with Gasteiger partial charge in [-0.25, -0.2) is 0 Å². The summed E-state index contributed by atoms with van der Waals surface area (Å²) in [7, 11) is 0. The lowest BCUT2D eigenvalue weighted by Crippen LogP contribution is -2.29. The van der Waals surface area contributed by atoms with Crippen LogP contribution in [0.5, 0.6) is 0 Å². The Hall–Kier alpha value is -4.04. The number of aryl methyl sites for hydroxylation is 1. The van der Waals surface area contributed by atoms with Gasteiger partial charge in [-0.05, 0) is 59.0 Å². The standard InChI is InChI=1S/C33H28N2/c1-2-9-22-10-3-7-14-31(22)35-32-15-8-5-12-26(32)28-21-24(17-19-33(28)35)23-16-18-30-27(20-23)25-11-4-6-13-29(25)34-30/h3-8,10-21,28,33-34H,2,9H2,1H3. The number of para-hydroxylation sites is 3. The van der Waals surface area contributed by atoms with Gasteiger partial charge in [0.2, 0.25) is 0 Å². The van der Waals surface area contributed by atoms with E-state index >= 15 is 0 Å². The van der Waals surface area contributed by atoms with Gasteiger partial charge in [0.15, 0.2) is 0 Å². The number of nitrogens with one attached hydrogen (secondary N) is 1. The predicted octanol–water partition coefficient (Wildman–Crippen LogP) is 8.53. The summed E-state index contributed by atoms with van der Waals surface area (Å²) in [5, 5.41) is 2.57. The van der Waals surface area contributed by atoms with E-state index in [1.807, 2.05) is 0 Å². The molecule has 7 rings (SSSR count). The topological polar surface area (TPSA) is 19.0 Å². The lowest BCUT2D eigenvalue weighted by Gasteiger charge is -2.31. The van der Waals surface area contributed by atoms with Gasteiger partial charge in [0.05, 0.1) is 6.04 Å². The number of rotatable bonds is 4. The first-order valence-electron chi connectivity index (χ1n) is 12.7. The van der Waals surface area contributed by atoms with Gasteiger partial charge in [-0.15, -0.1) is 0 Å². The molecule has 35 heavy (non-hydrogen) atoms. The van der Waals surface area contributed by atoms with Crippen molar-refractivity contribution in [2.24, 2.45) is 0 Å². The van der Waals surface area contributed by atoms with Crippen LogP contribution in [0, 0.1) is 0 Å². The summed E-state index contributed by atoms with van der Waals surface area (Å²) in [6, 6.07) is 33.6. The van der Waals surface area contributed by atoms with Crippen molar-refractivity contribution >= 4 is 38.8 Å². The molecule has 1 aliphatic carbocycles. The lowest BCUT2D eigenvalue weighted by atomic mass is 9.86. The van der Waals surface area contributed by atoms with E-state index in [-0.39, 0.29) is 0 Å². The molecular weight excluding hydrogens is 424 g/mol. The molecule has 0 saturated carbocycles. The van der Waals surface area contributed by atoms with Gasteiger partial charge in [-0.1, -0.05) is 92.2 Å². The summed E-state index contributed by atoms with van der Waals surface area (Å²) in [6.45, 7) is 2.26. The first-order chi connectivity index (χ1) is 17.3. The molecule has 2 nitrogen and oxygen atoms in total. The molecule has 2 aliphatic rings. The average molecular weight is 453 g/mol. The first kappa shape index (κ1) is 20.3. The molecule has 2 unspecified atom stereocenters. The molecule has 1 aliphatic heterocycles. The van der Waals surface area contributed by atoms with Crippen LogP contribution < -0.4 is 4.90 Å². The first-order valence-corrected chi connectivity index (χ1v) is 12.7. The summed E-state index contributed by atoms with van der Waals surface area (Å²) in [6.07, 6.45) is 9.49. The SMILES string of the molecule is CCCc1ccccc1N1c2ccccc2C2C=C(c3ccc4[nH]c5ccccc5c4c3)C=CC21. The Morgan fingerprint density at radius 3 is 2.46 bits per heavy atom. The number of H-pyrrole nitrogens is 1. The number of hydrogen-bond acceptors (Lipinski definition) is 1. The molecule has 5 aromatic rings. The van der Waals surface area contributed by atoms with Crippen LogP contribution in [-0.4, -0.2) is 11.0 Å². The van der Waals surface area contributed by atoms with E-state index in [1.165, 1.54) is 55.4 Å². The van der Waals surface area contributed by atoms with Crippen molar-refractivity contribution in [2.75, 3.05) is 4.90 Å². The molecule has 170 valence electrons. The normalized spacial score (nSPS) is 18.7. The van der Waals surface area contributed by atoms with Crippen molar-refractivity contribution in [1.29, 1.82) is 0 Å². The number of allylic oxidation sites excluding steroid dienone is 2. The van der Waals surface area contributed by atoms with Gasteiger partial charge in [0.1, 0.15) is 0 Å². The molecule has 0 amide bonds. The molecule has 0 bridgehead atoms. The molecule has 2 heteroatoms. The van der Waals surface area contributed by atoms with Crippen LogP contribution >= 0.6 is 0 Å². The van der Waals surface area contributed by atoms with Crippen molar-refractivity contribution in [3.05, 3.63) is 126 Å². The van der Waals surface area contributed by atoms with Crippen LogP contribution in [0.2, 0.25) is 0 Å². The molecule has 0 fully saturated rings. The maximum Gasteiger partial charge on any atom is 0.0630 e. The van der Waals surface area contributed by atoms with Crippen molar-refractivity contribution in [1.82, 2.24) is 4.98 Å². The molecule has 4 aromatic carbocycles. The Bertz CT molecular complexity index is 1630. The Morgan fingerprint density at radius 1 is 0.771 bits per heavy atom. The van der Waals surface area contributed by atoms with Crippen LogP contribution in [0.4, 0.5) is 11.4 Å². The fourth-order valence-electron chi connectivity index (χ4n) is 6.08. The molecular formula is C33H28N2. The van der Waals surface area contributed by atoms with Crippen molar-refractivity contribution in [3.8, 4) is 0 Å². The predicted molar refractivity (Wildman–Crippen MR) is 148 cm³/mol. The minimum absolute atomic E-state index is 0.297. The van der Waals surface area contributed by atoms with E-state index in [0.29, 0.717) is 12.0 Å². The Morgan fingerprint density at radius 2 is 1.54 bits per heavy atom.